The van der Waals surface area contributed by atoms with Gasteiger partial charge < -0.3 is 14.9 Å². The van der Waals surface area contributed by atoms with E-state index in [0.29, 0.717) is 0 Å². The lowest BCUT2D eigenvalue weighted by Crippen LogP contribution is -2.18. The van der Waals surface area contributed by atoms with E-state index in [9.17, 15) is 0 Å². The number of H-pyrrole nitrogens is 1. The quantitative estimate of drug-likeness (QED) is 0.716. The molecule has 0 saturated heterocycles. The van der Waals surface area contributed by atoms with Gasteiger partial charge in [0, 0.05) is 50.8 Å². The number of rotatable bonds is 5. The summed E-state index contributed by atoms with van der Waals surface area (Å²) < 4.78 is 2.12. The Morgan fingerprint density at radius 2 is 2.47 bits per heavy atom. The number of nitrogens with one attached hydrogen (secondary N) is 2. The molecule has 0 spiro atoms. The molecule has 0 aliphatic rings. The molecular formula is C11H16N4. The van der Waals surface area contributed by atoms with E-state index in [-0.39, 0.29) is 0 Å². The van der Waals surface area contributed by atoms with Crippen LogP contribution in [0.15, 0.2) is 30.7 Å². The van der Waals surface area contributed by atoms with Gasteiger partial charge in [-0.3, -0.25) is 0 Å². The normalized spacial score (nSPS) is 10.7. The van der Waals surface area contributed by atoms with E-state index in [1.54, 1.807) is 6.20 Å². The van der Waals surface area contributed by atoms with E-state index in [4.69, 9.17) is 0 Å². The molecule has 0 aromatic carbocycles. The second kappa shape index (κ2) is 4.79. The Morgan fingerprint density at radius 1 is 1.53 bits per heavy atom. The summed E-state index contributed by atoms with van der Waals surface area (Å²) in [7, 11) is 2.06. The van der Waals surface area contributed by atoms with E-state index in [2.05, 4.69) is 45.2 Å². The molecule has 2 N–H and O–H groups in total. The van der Waals surface area contributed by atoms with Gasteiger partial charge in [0.25, 0.3) is 0 Å². The molecule has 80 valence electrons. The third kappa shape index (κ3) is 2.70. The van der Waals surface area contributed by atoms with E-state index >= 15 is 0 Å². The summed E-state index contributed by atoms with van der Waals surface area (Å²) >= 11 is 0. The highest BCUT2D eigenvalue weighted by molar-refractivity contribution is 5.05. The van der Waals surface area contributed by atoms with Crippen LogP contribution in [0.25, 0.3) is 0 Å². The molecular weight excluding hydrogens is 188 g/mol. The summed E-state index contributed by atoms with van der Waals surface area (Å²) in [5.41, 5.74) is 1.30. The molecule has 2 rings (SSSR count). The van der Waals surface area contributed by atoms with Crippen molar-refractivity contribution >= 4 is 0 Å². The first-order valence-electron chi connectivity index (χ1n) is 5.15. The average Bonchev–Trinajstić information content (AvgIpc) is 2.85. The molecule has 2 aromatic rings. The van der Waals surface area contributed by atoms with Crippen LogP contribution in [0.1, 0.15) is 11.5 Å². The van der Waals surface area contributed by atoms with Gasteiger partial charge in [0.05, 0.1) is 0 Å². The van der Waals surface area contributed by atoms with Gasteiger partial charge in [-0.15, -0.1) is 0 Å². The lowest BCUT2D eigenvalue weighted by atomic mass is 10.3. The minimum atomic E-state index is 0.907. The second-order valence-corrected chi connectivity index (χ2v) is 3.57. The van der Waals surface area contributed by atoms with Crippen LogP contribution < -0.4 is 5.32 Å². The van der Waals surface area contributed by atoms with Gasteiger partial charge in [-0.05, 0) is 12.1 Å². The van der Waals surface area contributed by atoms with Gasteiger partial charge in [0.1, 0.15) is 5.82 Å². The molecule has 0 radical (unpaired) electrons. The highest BCUT2D eigenvalue weighted by atomic mass is 15.0. The molecule has 2 heterocycles. The smallest absolute Gasteiger partial charge is 0.107 e. The first-order valence-corrected chi connectivity index (χ1v) is 5.15. The van der Waals surface area contributed by atoms with E-state index in [1.807, 2.05) is 6.20 Å². The SMILES string of the molecule is Cn1cccc1CNCCc1ncc[nH]1. The van der Waals surface area contributed by atoms with Crippen LogP contribution in [0, 0.1) is 0 Å². The lowest BCUT2D eigenvalue weighted by molar-refractivity contribution is 0.644. The molecule has 4 nitrogen and oxygen atoms in total. The van der Waals surface area contributed by atoms with Crippen LogP contribution in [0.2, 0.25) is 0 Å². The van der Waals surface area contributed by atoms with Crippen LogP contribution in [0.3, 0.4) is 0 Å². The largest absolute Gasteiger partial charge is 0.353 e. The molecule has 0 atom stereocenters. The van der Waals surface area contributed by atoms with Gasteiger partial charge in [-0.25, -0.2) is 4.98 Å². The highest BCUT2D eigenvalue weighted by Gasteiger charge is 1.97. The fourth-order valence-electron chi connectivity index (χ4n) is 1.54. The summed E-state index contributed by atoms with van der Waals surface area (Å²) in [6, 6.07) is 4.18. The minimum Gasteiger partial charge on any atom is -0.353 e. The molecule has 0 bridgehead atoms. The zero-order chi connectivity index (χ0) is 10.5. The Balaban J connectivity index is 1.70. The van der Waals surface area contributed by atoms with Crippen molar-refractivity contribution in [1.29, 1.82) is 0 Å². The summed E-state index contributed by atoms with van der Waals surface area (Å²) in [5.74, 6) is 1.04. The van der Waals surface area contributed by atoms with Crippen molar-refractivity contribution < 1.29 is 0 Å². The van der Waals surface area contributed by atoms with Gasteiger partial charge in [-0.1, -0.05) is 0 Å². The molecule has 0 aliphatic heterocycles. The zero-order valence-electron chi connectivity index (χ0n) is 8.90. The standard InChI is InChI=1S/C11H16N4/c1-15-8-2-3-10(15)9-12-5-4-11-13-6-7-14-11/h2-3,6-8,12H,4-5,9H2,1H3,(H,13,14). The first-order chi connectivity index (χ1) is 7.36. The Labute approximate surface area is 89.3 Å². The Kier molecular flexibility index (Phi) is 3.19. The number of imidazole rings is 1. The zero-order valence-corrected chi connectivity index (χ0v) is 8.90. The van der Waals surface area contributed by atoms with Crippen LogP contribution >= 0.6 is 0 Å². The Bertz CT molecular complexity index is 388. The molecule has 0 saturated carbocycles. The number of nitrogens with zero attached hydrogens (tertiary/aromatic N) is 2. The third-order valence-corrected chi connectivity index (χ3v) is 2.45. The number of aryl methyl sites for hydroxylation is 1. The molecule has 4 heteroatoms. The van der Waals surface area contributed by atoms with Crippen molar-refractivity contribution in [3.8, 4) is 0 Å². The Morgan fingerprint density at radius 3 is 3.13 bits per heavy atom. The monoisotopic (exact) mass is 204 g/mol. The Hall–Kier alpha value is -1.55. The van der Waals surface area contributed by atoms with Crippen LogP contribution in [-0.4, -0.2) is 21.1 Å². The number of hydrogen-bond donors (Lipinski definition) is 2. The predicted octanol–water partition coefficient (Wildman–Crippen LogP) is 1.08. The average molecular weight is 204 g/mol. The number of hydrogen-bond acceptors (Lipinski definition) is 2. The second-order valence-electron chi connectivity index (χ2n) is 3.57. The molecule has 0 amide bonds. The molecule has 15 heavy (non-hydrogen) atoms. The molecule has 0 unspecified atom stereocenters. The maximum absolute atomic E-state index is 4.17. The molecule has 0 aliphatic carbocycles. The van der Waals surface area contributed by atoms with Crippen molar-refractivity contribution in [1.82, 2.24) is 19.9 Å². The third-order valence-electron chi connectivity index (χ3n) is 2.45. The molecule has 2 aromatic heterocycles. The van der Waals surface area contributed by atoms with Crippen molar-refractivity contribution in [2.45, 2.75) is 13.0 Å². The lowest BCUT2D eigenvalue weighted by Gasteiger charge is -2.04. The van der Waals surface area contributed by atoms with Crippen LogP contribution in [0.5, 0.6) is 0 Å². The van der Waals surface area contributed by atoms with E-state index in [1.165, 1.54) is 5.69 Å². The van der Waals surface area contributed by atoms with Gasteiger partial charge in [0.15, 0.2) is 0 Å². The number of aromatic amines is 1. The topological polar surface area (TPSA) is 45.6 Å². The van der Waals surface area contributed by atoms with Crippen LogP contribution in [0.4, 0.5) is 0 Å². The maximum atomic E-state index is 4.17. The summed E-state index contributed by atoms with van der Waals surface area (Å²) in [6.45, 7) is 1.85. The first kappa shape index (κ1) is 9.98. The minimum absolute atomic E-state index is 0.907. The van der Waals surface area contributed by atoms with Crippen molar-refractivity contribution in [3.63, 3.8) is 0 Å². The highest BCUT2D eigenvalue weighted by Crippen LogP contribution is 1.98. The predicted molar refractivity (Wildman–Crippen MR) is 59.4 cm³/mol. The van der Waals surface area contributed by atoms with Crippen molar-refractivity contribution in [3.05, 3.63) is 42.2 Å². The van der Waals surface area contributed by atoms with Crippen LogP contribution in [-0.2, 0) is 20.0 Å². The maximum Gasteiger partial charge on any atom is 0.107 e. The fourth-order valence-corrected chi connectivity index (χ4v) is 1.54. The van der Waals surface area contributed by atoms with Gasteiger partial charge >= 0.3 is 0 Å². The van der Waals surface area contributed by atoms with Gasteiger partial charge in [0.2, 0.25) is 0 Å². The van der Waals surface area contributed by atoms with Gasteiger partial charge in [-0.2, -0.15) is 0 Å². The van der Waals surface area contributed by atoms with Crippen molar-refractivity contribution in [2.24, 2.45) is 7.05 Å². The fraction of sp³-hybridized carbons (Fsp3) is 0.364. The summed E-state index contributed by atoms with van der Waals surface area (Å²) in [5, 5.41) is 3.39. The summed E-state index contributed by atoms with van der Waals surface area (Å²) in [4.78, 5) is 7.25. The van der Waals surface area contributed by atoms with E-state index in [0.717, 1.165) is 25.3 Å². The van der Waals surface area contributed by atoms with E-state index < -0.39 is 0 Å². The molecule has 0 fully saturated rings. The van der Waals surface area contributed by atoms with Crippen molar-refractivity contribution in [2.75, 3.05) is 6.54 Å². The summed E-state index contributed by atoms with van der Waals surface area (Å²) in [6.07, 6.45) is 6.64. The number of aromatic nitrogens is 3.